The van der Waals surface area contributed by atoms with Crippen LogP contribution in [0, 0.1) is 17.0 Å². The lowest BCUT2D eigenvalue weighted by atomic mass is 10.1. The molecular weight excluding hydrogens is 280 g/mol. The first kappa shape index (κ1) is 14.9. The Bertz CT molecular complexity index is 600. The van der Waals surface area contributed by atoms with Gasteiger partial charge in [0.05, 0.1) is 4.92 Å². The molecule has 8 heteroatoms. The molecule has 0 spiro atoms. The Kier molecular flexibility index (Phi) is 4.18. The highest BCUT2D eigenvalue weighted by Gasteiger charge is 2.35. The van der Waals surface area contributed by atoms with Crippen molar-refractivity contribution in [3.05, 3.63) is 33.9 Å². The van der Waals surface area contributed by atoms with Gasteiger partial charge in [0.1, 0.15) is 11.8 Å². The zero-order valence-corrected chi connectivity index (χ0v) is 11.2. The Morgan fingerprint density at radius 2 is 2.05 bits per heavy atom. The number of aryl methyl sites for hydroxylation is 1. The van der Waals surface area contributed by atoms with Crippen molar-refractivity contribution in [3.63, 3.8) is 0 Å². The second kappa shape index (κ2) is 5.88. The smallest absolute Gasteiger partial charge is 0.332 e. The summed E-state index contributed by atoms with van der Waals surface area (Å²) in [4.78, 5) is 33.1. The van der Waals surface area contributed by atoms with Crippen LogP contribution in [0.5, 0.6) is 0 Å². The van der Waals surface area contributed by atoms with Gasteiger partial charge in [0.2, 0.25) is 0 Å². The van der Waals surface area contributed by atoms with Gasteiger partial charge in [-0.05, 0) is 31.4 Å². The number of carboxylic acid groups (broad SMARTS) is 1. The molecule has 0 saturated carbocycles. The number of carbonyl (C=O) groups excluding carboxylic acids is 1. The molecule has 2 rings (SSSR count). The molecule has 1 saturated heterocycles. The first-order valence-electron chi connectivity index (χ1n) is 6.32. The number of nitrogens with one attached hydrogen (secondary N) is 1. The lowest BCUT2D eigenvalue weighted by Crippen LogP contribution is -2.30. The number of aliphatic carboxylic acids is 1. The van der Waals surface area contributed by atoms with Gasteiger partial charge in [-0.1, -0.05) is 6.07 Å². The summed E-state index contributed by atoms with van der Waals surface area (Å²) in [6, 6.07) is 4.43. The summed E-state index contributed by atoms with van der Waals surface area (Å²) in [7, 11) is 0. The highest BCUT2D eigenvalue weighted by Crippen LogP contribution is 2.27. The van der Waals surface area contributed by atoms with E-state index in [0.717, 1.165) is 0 Å². The molecule has 0 aliphatic carbocycles. The Balaban J connectivity index is 2.10. The van der Waals surface area contributed by atoms with Crippen LogP contribution in [-0.2, 0) is 14.3 Å². The number of nitro benzene ring substituents is 1. The van der Waals surface area contributed by atoms with Gasteiger partial charge in [-0.25, -0.2) is 4.79 Å². The molecule has 1 aromatic carbocycles. The number of hydrogen-bond acceptors (Lipinski definition) is 5. The average molecular weight is 294 g/mol. The van der Waals surface area contributed by atoms with Crippen molar-refractivity contribution in [1.29, 1.82) is 0 Å². The summed E-state index contributed by atoms with van der Waals surface area (Å²) in [6.45, 7) is 1.70. The van der Waals surface area contributed by atoms with Gasteiger partial charge in [0, 0.05) is 6.07 Å². The zero-order valence-electron chi connectivity index (χ0n) is 11.2. The second-order valence-corrected chi connectivity index (χ2v) is 4.80. The number of hydrogen-bond donors (Lipinski definition) is 2. The van der Waals surface area contributed by atoms with Crippen LogP contribution in [0.1, 0.15) is 18.4 Å². The minimum absolute atomic E-state index is 0.0676. The van der Waals surface area contributed by atoms with Gasteiger partial charge in [-0.2, -0.15) is 0 Å². The van der Waals surface area contributed by atoms with Crippen LogP contribution in [-0.4, -0.2) is 34.1 Å². The molecule has 8 nitrogen and oxygen atoms in total. The van der Waals surface area contributed by atoms with Crippen LogP contribution in [0.15, 0.2) is 18.2 Å². The maximum absolute atomic E-state index is 12.0. The third kappa shape index (κ3) is 3.34. The third-order valence-electron chi connectivity index (χ3n) is 3.20. The normalized spacial score (nSPS) is 21.0. The van der Waals surface area contributed by atoms with Crippen LogP contribution in [0.3, 0.4) is 0 Å². The minimum atomic E-state index is -1.12. The van der Waals surface area contributed by atoms with Crippen molar-refractivity contribution in [2.75, 3.05) is 5.32 Å². The van der Waals surface area contributed by atoms with E-state index in [1.807, 2.05) is 0 Å². The molecule has 1 fully saturated rings. The molecule has 0 aromatic heterocycles. The predicted octanol–water partition coefficient (Wildman–Crippen LogP) is 1.47. The van der Waals surface area contributed by atoms with E-state index in [0.29, 0.717) is 5.56 Å². The molecule has 0 bridgehead atoms. The molecule has 1 aliphatic rings. The summed E-state index contributed by atoms with van der Waals surface area (Å²) >= 11 is 0. The van der Waals surface area contributed by atoms with Crippen LogP contribution in [0.25, 0.3) is 0 Å². The van der Waals surface area contributed by atoms with Crippen molar-refractivity contribution < 1.29 is 24.4 Å². The fourth-order valence-corrected chi connectivity index (χ4v) is 2.12. The fraction of sp³-hybridized carbons (Fsp3) is 0.385. The van der Waals surface area contributed by atoms with E-state index in [4.69, 9.17) is 9.84 Å². The highest BCUT2D eigenvalue weighted by molar-refractivity contribution is 5.96. The van der Waals surface area contributed by atoms with Gasteiger partial charge >= 0.3 is 5.97 Å². The van der Waals surface area contributed by atoms with E-state index in [1.165, 1.54) is 12.1 Å². The quantitative estimate of drug-likeness (QED) is 0.641. The van der Waals surface area contributed by atoms with Crippen LogP contribution in [0.2, 0.25) is 0 Å². The van der Waals surface area contributed by atoms with Crippen molar-refractivity contribution in [1.82, 2.24) is 0 Å². The largest absolute Gasteiger partial charge is 0.479 e. The Morgan fingerprint density at radius 3 is 2.62 bits per heavy atom. The molecule has 2 unspecified atom stereocenters. The number of amides is 1. The number of ether oxygens (including phenoxy) is 1. The minimum Gasteiger partial charge on any atom is -0.479 e. The lowest BCUT2D eigenvalue weighted by molar-refractivity contribution is -0.384. The lowest BCUT2D eigenvalue weighted by Gasteiger charge is -2.12. The summed E-state index contributed by atoms with van der Waals surface area (Å²) in [5.41, 5.74) is 0.553. The summed E-state index contributed by atoms with van der Waals surface area (Å²) in [6.07, 6.45) is -1.41. The van der Waals surface area contributed by atoms with Crippen molar-refractivity contribution in [2.24, 2.45) is 0 Å². The number of rotatable bonds is 4. The Labute approximate surface area is 119 Å². The predicted molar refractivity (Wildman–Crippen MR) is 72.0 cm³/mol. The maximum Gasteiger partial charge on any atom is 0.332 e. The molecule has 1 heterocycles. The summed E-state index contributed by atoms with van der Waals surface area (Å²) < 4.78 is 5.10. The molecule has 112 valence electrons. The van der Waals surface area contributed by atoms with Crippen molar-refractivity contribution in [2.45, 2.75) is 32.0 Å². The SMILES string of the molecule is Cc1ccc(NC(=O)C2CCC(C(=O)O)O2)c([N+](=O)[O-])c1. The van der Waals surface area contributed by atoms with Crippen molar-refractivity contribution in [3.8, 4) is 0 Å². The Hall–Kier alpha value is -2.48. The topological polar surface area (TPSA) is 119 Å². The summed E-state index contributed by atoms with van der Waals surface area (Å²) in [5.74, 6) is -1.70. The zero-order chi connectivity index (χ0) is 15.6. The molecule has 1 aliphatic heterocycles. The average Bonchev–Trinajstić information content (AvgIpc) is 2.90. The number of carboxylic acids is 1. The molecular formula is C13H14N2O6. The number of benzene rings is 1. The molecule has 2 atom stereocenters. The molecule has 1 aromatic rings. The number of anilines is 1. The van der Waals surface area contributed by atoms with E-state index < -0.39 is 29.0 Å². The maximum atomic E-state index is 12.0. The first-order chi connectivity index (χ1) is 9.88. The molecule has 0 radical (unpaired) electrons. The van der Waals surface area contributed by atoms with Gasteiger partial charge in [-0.15, -0.1) is 0 Å². The summed E-state index contributed by atoms with van der Waals surface area (Å²) in [5, 5.41) is 22.2. The van der Waals surface area contributed by atoms with Crippen molar-refractivity contribution >= 4 is 23.3 Å². The van der Waals surface area contributed by atoms with E-state index in [2.05, 4.69) is 5.32 Å². The van der Waals surface area contributed by atoms with Gasteiger partial charge < -0.3 is 15.2 Å². The van der Waals surface area contributed by atoms with E-state index in [1.54, 1.807) is 13.0 Å². The highest BCUT2D eigenvalue weighted by atomic mass is 16.6. The molecule has 1 amide bonds. The second-order valence-electron chi connectivity index (χ2n) is 4.80. The first-order valence-corrected chi connectivity index (χ1v) is 6.32. The monoisotopic (exact) mass is 294 g/mol. The Morgan fingerprint density at radius 1 is 1.38 bits per heavy atom. The molecule has 2 N–H and O–H groups in total. The van der Waals surface area contributed by atoms with E-state index in [-0.39, 0.29) is 24.2 Å². The number of nitro groups is 1. The fourth-order valence-electron chi connectivity index (χ4n) is 2.12. The molecule has 21 heavy (non-hydrogen) atoms. The van der Waals surface area contributed by atoms with Crippen LogP contribution >= 0.6 is 0 Å². The standard InChI is InChI=1S/C13H14N2O6/c1-7-2-3-8(9(6-7)15(19)20)14-12(16)10-4-5-11(21-10)13(17)18/h2-3,6,10-11H,4-5H2,1H3,(H,14,16)(H,17,18). The number of carbonyl (C=O) groups is 2. The number of nitrogens with zero attached hydrogens (tertiary/aromatic N) is 1. The van der Waals surface area contributed by atoms with Crippen LogP contribution in [0.4, 0.5) is 11.4 Å². The van der Waals surface area contributed by atoms with Gasteiger partial charge in [-0.3, -0.25) is 14.9 Å². The van der Waals surface area contributed by atoms with E-state index in [9.17, 15) is 19.7 Å². The van der Waals surface area contributed by atoms with E-state index >= 15 is 0 Å². The van der Waals surface area contributed by atoms with Gasteiger partial charge in [0.15, 0.2) is 6.10 Å². The van der Waals surface area contributed by atoms with Gasteiger partial charge in [0.25, 0.3) is 11.6 Å². The van der Waals surface area contributed by atoms with Crippen LogP contribution < -0.4 is 5.32 Å². The third-order valence-corrected chi connectivity index (χ3v) is 3.20.